The second-order valence-corrected chi connectivity index (χ2v) is 7.17. The first kappa shape index (κ1) is 24.6. The minimum Gasteiger partial charge on any atom is -0.490 e. The molecule has 0 spiro atoms. The summed E-state index contributed by atoms with van der Waals surface area (Å²) in [6.45, 7) is 1.47. The first-order valence-electron chi connectivity index (χ1n) is 9.94. The molecule has 0 saturated carbocycles. The van der Waals surface area contributed by atoms with Crippen molar-refractivity contribution < 1.29 is 42.5 Å². The summed E-state index contributed by atoms with van der Waals surface area (Å²) in [5.74, 6) is -1.33. The van der Waals surface area contributed by atoms with Crippen LogP contribution in [0.5, 0.6) is 11.5 Å². The van der Waals surface area contributed by atoms with Gasteiger partial charge in [-0.1, -0.05) is 11.6 Å². The Labute approximate surface area is 199 Å². The summed E-state index contributed by atoms with van der Waals surface area (Å²) >= 11 is 6.30. The first-order valence-corrected chi connectivity index (χ1v) is 10.3. The number of halogens is 1. The van der Waals surface area contributed by atoms with Crippen LogP contribution in [-0.2, 0) is 25.6 Å². The number of carbonyl (C=O) groups is 4. The third-order valence-corrected chi connectivity index (χ3v) is 4.81. The highest BCUT2D eigenvalue weighted by Gasteiger charge is 2.34. The number of hydrogen-bond acceptors (Lipinski definition) is 9. The third kappa shape index (κ3) is 5.49. The van der Waals surface area contributed by atoms with E-state index < -0.39 is 23.9 Å². The smallest absolute Gasteiger partial charge is 0.373 e. The first-order chi connectivity index (χ1) is 16.3. The van der Waals surface area contributed by atoms with Crippen molar-refractivity contribution >= 4 is 41.6 Å². The SMILES string of the molecule is CCOc1cc(/C=C2\NC(=O)N(Cc3ccc(C(=O)OC)o3)C2=O)cc(Cl)c1OCC(=O)OC. The Morgan fingerprint density at radius 1 is 1.15 bits per heavy atom. The highest BCUT2D eigenvalue weighted by molar-refractivity contribution is 6.32. The molecule has 3 rings (SSSR count). The van der Waals surface area contributed by atoms with Crippen LogP contribution in [0.25, 0.3) is 6.08 Å². The van der Waals surface area contributed by atoms with Gasteiger partial charge in [0.15, 0.2) is 18.1 Å². The van der Waals surface area contributed by atoms with E-state index in [1.165, 1.54) is 38.5 Å². The molecule has 1 aromatic carbocycles. The summed E-state index contributed by atoms with van der Waals surface area (Å²) in [7, 11) is 2.44. The average molecular weight is 493 g/mol. The molecule has 0 radical (unpaired) electrons. The molecule has 0 aliphatic carbocycles. The summed E-state index contributed by atoms with van der Waals surface area (Å²) in [6, 6.07) is 5.22. The fourth-order valence-corrected chi connectivity index (χ4v) is 3.25. The van der Waals surface area contributed by atoms with Crippen molar-refractivity contribution in [1.29, 1.82) is 0 Å². The van der Waals surface area contributed by atoms with E-state index in [-0.39, 0.29) is 53.5 Å². The Morgan fingerprint density at radius 3 is 2.59 bits per heavy atom. The van der Waals surface area contributed by atoms with E-state index in [4.69, 9.17) is 25.5 Å². The summed E-state index contributed by atoms with van der Waals surface area (Å²) < 4.78 is 25.4. The second kappa shape index (κ2) is 10.8. The molecule has 1 N–H and O–H groups in total. The van der Waals surface area contributed by atoms with E-state index in [0.29, 0.717) is 5.56 Å². The quantitative estimate of drug-likeness (QED) is 0.318. The number of benzene rings is 1. The zero-order chi connectivity index (χ0) is 24.8. The number of ether oxygens (including phenoxy) is 4. The molecule has 11 nitrogen and oxygen atoms in total. The Hall–Kier alpha value is -3.99. The van der Waals surface area contributed by atoms with Crippen LogP contribution >= 0.6 is 11.6 Å². The molecule has 1 saturated heterocycles. The lowest BCUT2D eigenvalue weighted by Gasteiger charge is -2.14. The fraction of sp³-hybridized carbons (Fsp3) is 0.273. The average Bonchev–Trinajstić information content (AvgIpc) is 3.38. The van der Waals surface area contributed by atoms with Crippen molar-refractivity contribution in [2.75, 3.05) is 27.4 Å². The number of esters is 2. The molecular weight excluding hydrogens is 472 g/mol. The van der Waals surface area contributed by atoms with Gasteiger partial charge in [0.2, 0.25) is 5.76 Å². The van der Waals surface area contributed by atoms with Crippen LogP contribution < -0.4 is 14.8 Å². The molecule has 0 atom stereocenters. The van der Waals surface area contributed by atoms with Gasteiger partial charge in [0.25, 0.3) is 5.91 Å². The van der Waals surface area contributed by atoms with E-state index in [1.807, 2.05) is 0 Å². The van der Waals surface area contributed by atoms with Gasteiger partial charge in [-0.05, 0) is 42.8 Å². The van der Waals surface area contributed by atoms with Gasteiger partial charge in [0.1, 0.15) is 11.5 Å². The van der Waals surface area contributed by atoms with Crippen molar-refractivity contribution in [3.8, 4) is 11.5 Å². The van der Waals surface area contributed by atoms with Gasteiger partial charge in [-0.3, -0.25) is 9.69 Å². The Morgan fingerprint density at radius 2 is 1.91 bits per heavy atom. The van der Waals surface area contributed by atoms with E-state index in [9.17, 15) is 19.2 Å². The Kier molecular flexibility index (Phi) is 7.79. The number of amides is 3. The number of rotatable bonds is 9. The van der Waals surface area contributed by atoms with Gasteiger partial charge in [0, 0.05) is 0 Å². The normalized spacial score (nSPS) is 14.2. The summed E-state index contributed by atoms with van der Waals surface area (Å²) in [5.41, 5.74) is 0.432. The second-order valence-electron chi connectivity index (χ2n) is 6.76. The van der Waals surface area contributed by atoms with Crippen LogP contribution in [0.3, 0.4) is 0 Å². The van der Waals surface area contributed by atoms with Crippen LogP contribution in [0, 0.1) is 0 Å². The fourth-order valence-electron chi connectivity index (χ4n) is 2.98. The zero-order valence-corrected chi connectivity index (χ0v) is 19.3. The third-order valence-electron chi connectivity index (χ3n) is 4.53. The number of furan rings is 1. The number of urea groups is 1. The van der Waals surface area contributed by atoms with Gasteiger partial charge in [-0.25, -0.2) is 14.4 Å². The number of methoxy groups -OCH3 is 2. The molecule has 3 amide bonds. The predicted octanol–water partition coefficient (Wildman–Crippen LogP) is 2.76. The number of nitrogens with one attached hydrogen (secondary N) is 1. The molecule has 1 aliphatic heterocycles. The lowest BCUT2D eigenvalue weighted by Crippen LogP contribution is -2.30. The predicted molar refractivity (Wildman–Crippen MR) is 117 cm³/mol. The molecule has 0 bridgehead atoms. The summed E-state index contributed by atoms with van der Waals surface area (Å²) in [6.07, 6.45) is 1.42. The highest BCUT2D eigenvalue weighted by Crippen LogP contribution is 2.37. The molecule has 2 heterocycles. The lowest BCUT2D eigenvalue weighted by molar-refractivity contribution is -0.142. The molecule has 1 aliphatic rings. The standard InChI is InChI=1S/C22H21ClN2O9/c1-4-32-17-9-12(7-14(23)19(17)33-11-18(26)30-2)8-15-20(27)25(22(29)24-15)10-13-5-6-16(34-13)21(28)31-3/h5-9H,4,10-11H2,1-3H3,(H,24,29)/b15-8-. The molecule has 0 unspecified atom stereocenters. The number of carbonyl (C=O) groups excluding carboxylic acids is 4. The van der Waals surface area contributed by atoms with E-state index in [0.717, 1.165) is 4.90 Å². The van der Waals surface area contributed by atoms with Gasteiger partial charge in [-0.2, -0.15) is 0 Å². The van der Waals surface area contributed by atoms with Crippen LogP contribution in [-0.4, -0.2) is 56.2 Å². The maximum Gasteiger partial charge on any atom is 0.373 e. The van der Waals surface area contributed by atoms with E-state index in [2.05, 4.69) is 14.8 Å². The lowest BCUT2D eigenvalue weighted by atomic mass is 10.1. The zero-order valence-electron chi connectivity index (χ0n) is 18.5. The molecule has 34 heavy (non-hydrogen) atoms. The topological polar surface area (TPSA) is 134 Å². The van der Waals surface area contributed by atoms with Crippen LogP contribution in [0.15, 0.2) is 34.4 Å². The monoisotopic (exact) mass is 492 g/mol. The Balaban J connectivity index is 1.81. The molecule has 1 aromatic heterocycles. The molecular formula is C22H21ClN2O9. The highest BCUT2D eigenvalue weighted by atomic mass is 35.5. The van der Waals surface area contributed by atoms with Crippen molar-refractivity contribution in [1.82, 2.24) is 10.2 Å². The molecule has 2 aromatic rings. The van der Waals surface area contributed by atoms with E-state index >= 15 is 0 Å². The molecule has 180 valence electrons. The van der Waals surface area contributed by atoms with Crippen molar-refractivity contribution in [3.05, 3.63) is 52.1 Å². The largest absolute Gasteiger partial charge is 0.490 e. The summed E-state index contributed by atoms with van der Waals surface area (Å²) in [5, 5.41) is 2.61. The van der Waals surface area contributed by atoms with Crippen LogP contribution in [0.2, 0.25) is 5.02 Å². The minimum absolute atomic E-state index is 0.00788. The molecule has 12 heteroatoms. The van der Waals surface area contributed by atoms with E-state index in [1.54, 1.807) is 13.0 Å². The van der Waals surface area contributed by atoms with Crippen LogP contribution in [0.4, 0.5) is 4.79 Å². The maximum atomic E-state index is 12.8. The minimum atomic E-state index is -0.676. The van der Waals surface area contributed by atoms with Crippen molar-refractivity contribution in [2.24, 2.45) is 0 Å². The van der Waals surface area contributed by atoms with Crippen molar-refractivity contribution in [3.63, 3.8) is 0 Å². The number of imide groups is 1. The summed E-state index contributed by atoms with van der Waals surface area (Å²) in [4.78, 5) is 49.0. The van der Waals surface area contributed by atoms with Gasteiger partial charge >= 0.3 is 18.0 Å². The van der Waals surface area contributed by atoms with Crippen molar-refractivity contribution in [2.45, 2.75) is 13.5 Å². The number of nitrogens with zero attached hydrogens (tertiary/aromatic N) is 1. The van der Waals surface area contributed by atoms with Gasteiger partial charge in [0.05, 0.1) is 32.4 Å². The maximum absolute atomic E-state index is 12.8. The van der Waals surface area contributed by atoms with Crippen LogP contribution in [0.1, 0.15) is 28.8 Å². The number of hydrogen-bond donors (Lipinski definition) is 1. The Bertz CT molecular complexity index is 1160. The van der Waals surface area contributed by atoms with Gasteiger partial charge < -0.3 is 28.7 Å². The molecule has 1 fully saturated rings. The van der Waals surface area contributed by atoms with Gasteiger partial charge in [-0.15, -0.1) is 0 Å².